The van der Waals surface area contributed by atoms with E-state index in [0.29, 0.717) is 17.5 Å². The Labute approximate surface area is 358 Å². The van der Waals surface area contributed by atoms with E-state index in [-0.39, 0.29) is 0 Å². The van der Waals surface area contributed by atoms with E-state index in [0.717, 1.165) is 44.7 Å². The number of nitrogens with zero attached hydrogens (tertiary/aromatic N) is 5. The molecule has 5 nitrogen and oxygen atoms in total. The molecule has 0 aliphatic rings. The van der Waals surface area contributed by atoms with Crippen molar-refractivity contribution in [2.75, 3.05) is 0 Å². The van der Waals surface area contributed by atoms with Gasteiger partial charge in [-0.05, 0) is 77.4 Å². The van der Waals surface area contributed by atoms with Crippen LogP contribution in [0.5, 0.6) is 0 Å². The number of rotatable bonds is 7. The van der Waals surface area contributed by atoms with E-state index in [1.807, 2.05) is 60.7 Å². The Morgan fingerprint density at radius 3 is 1.37 bits per heavy atom. The summed E-state index contributed by atoms with van der Waals surface area (Å²) < 4.78 is 4.81. The van der Waals surface area contributed by atoms with E-state index in [1.54, 1.807) is 0 Å². The molecule has 0 atom stereocenters. The first kappa shape index (κ1) is 35.5. The molecule has 12 rings (SSSR count). The Morgan fingerprint density at radius 2 is 0.726 bits per heavy atom. The minimum absolute atomic E-state index is 0.631. The van der Waals surface area contributed by atoms with Crippen molar-refractivity contribution in [1.29, 1.82) is 0 Å². The van der Waals surface area contributed by atoms with Crippen molar-refractivity contribution in [3.8, 4) is 67.8 Å². The molecule has 0 saturated carbocycles. The third-order valence-electron chi connectivity index (χ3n) is 12.0. The van der Waals surface area contributed by atoms with Crippen molar-refractivity contribution in [3.05, 3.63) is 224 Å². The number of aromatic nitrogens is 5. The summed E-state index contributed by atoms with van der Waals surface area (Å²) in [6.45, 7) is 0. The van der Waals surface area contributed by atoms with Gasteiger partial charge >= 0.3 is 0 Å². The molecule has 3 aromatic heterocycles. The molecule has 12 aromatic rings. The first-order chi connectivity index (χ1) is 30.7. The van der Waals surface area contributed by atoms with Crippen LogP contribution in [0.3, 0.4) is 0 Å². The lowest BCUT2D eigenvalue weighted by molar-refractivity contribution is 1.07. The van der Waals surface area contributed by atoms with Crippen LogP contribution in [-0.4, -0.2) is 24.1 Å². The van der Waals surface area contributed by atoms with E-state index in [4.69, 9.17) is 15.0 Å². The van der Waals surface area contributed by atoms with Crippen LogP contribution < -0.4 is 0 Å². The molecule has 0 aliphatic carbocycles. The molecule has 0 N–H and O–H groups in total. The standard InChI is InChI=1S/C57H37N5/c1-4-16-38(17-5-1)42-22-14-23-45(36-42)61-51-28-12-11-25-48(51)50-37-43(32-35-53(50)61)46-26-15-27-49-47-24-10-13-29-52(47)62(54(46)49)44-33-30-41(31-34-44)57-59-55(39-18-6-2-7-19-39)58-56(60-57)40-20-8-3-9-21-40/h1-37H. The molecule has 0 spiro atoms. The average Bonchev–Trinajstić information content (AvgIpc) is 3.88. The Balaban J connectivity index is 1.00. The molecule has 62 heavy (non-hydrogen) atoms. The molecule has 0 unspecified atom stereocenters. The Kier molecular flexibility index (Phi) is 8.42. The third-order valence-corrected chi connectivity index (χ3v) is 12.0. The minimum Gasteiger partial charge on any atom is -0.309 e. The zero-order valence-corrected chi connectivity index (χ0v) is 33.6. The SMILES string of the molecule is c1ccc(-c2cccc(-n3c4ccccc4c4cc(-c5cccc6c7ccccc7n(-c7ccc(-c8nc(-c9ccccc9)nc(-c9ccccc9)n8)cc7)c56)ccc43)c2)cc1. The molecule has 0 aliphatic heterocycles. The van der Waals surface area contributed by atoms with Gasteiger partial charge in [0.15, 0.2) is 17.5 Å². The molecule has 0 radical (unpaired) electrons. The van der Waals surface area contributed by atoms with Gasteiger partial charge in [-0.3, -0.25) is 0 Å². The van der Waals surface area contributed by atoms with E-state index in [9.17, 15) is 0 Å². The van der Waals surface area contributed by atoms with Crippen LogP contribution in [-0.2, 0) is 0 Å². The molecule has 3 heterocycles. The highest BCUT2D eigenvalue weighted by Crippen LogP contribution is 2.41. The van der Waals surface area contributed by atoms with Crippen LogP contribution in [0.25, 0.3) is 111 Å². The summed E-state index contributed by atoms with van der Waals surface area (Å²) in [5.41, 5.74) is 14.4. The highest BCUT2D eigenvalue weighted by atomic mass is 15.0. The van der Waals surface area contributed by atoms with Gasteiger partial charge in [0.25, 0.3) is 0 Å². The van der Waals surface area contributed by atoms with Crippen molar-refractivity contribution in [2.24, 2.45) is 0 Å². The molecule has 0 saturated heterocycles. The number of hydrogen-bond donors (Lipinski definition) is 0. The highest BCUT2D eigenvalue weighted by molar-refractivity contribution is 6.15. The van der Waals surface area contributed by atoms with Gasteiger partial charge in [0.05, 0.1) is 22.1 Å². The van der Waals surface area contributed by atoms with Gasteiger partial charge in [-0.2, -0.15) is 0 Å². The molecular formula is C57H37N5. The fourth-order valence-electron chi connectivity index (χ4n) is 9.09. The quantitative estimate of drug-likeness (QED) is 0.162. The molecule has 0 bridgehead atoms. The molecule has 5 heteroatoms. The van der Waals surface area contributed by atoms with Gasteiger partial charge in [0.1, 0.15) is 0 Å². The van der Waals surface area contributed by atoms with Crippen LogP contribution in [0.2, 0.25) is 0 Å². The normalized spacial score (nSPS) is 11.5. The highest BCUT2D eigenvalue weighted by Gasteiger charge is 2.20. The van der Waals surface area contributed by atoms with Crippen molar-refractivity contribution in [1.82, 2.24) is 24.1 Å². The van der Waals surface area contributed by atoms with Gasteiger partial charge in [-0.15, -0.1) is 0 Å². The predicted molar refractivity (Wildman–Crippen MR) is 256 cm³/mol. The number of hydrogen-bond acceptors (Lipinski definition) is 3. The summed E-state index contributed by atoms with van der Waals surface area (Å²) in [5, 5.41) is 4.86. The van der Waals surface area contributed by atoms with Crippen LogP contribution in [0.1, 0.15) is 0 Å². The van der Waals surface area contributed by atoms with Gasteiger partial charge in [0, 0.05) is 55.2 Å². The maximum atomic E-state index is 5.00. The van der Waals surface area contributed by atoms with Gasteiger partial charge in [-0.25, -0.2) is 15.0 Å². The first-order valence-electron chi connectivity index (χ1n) is 20.9. The lowest BCUT2D eigenvalue weighted by Gasteiger charge is -2.13. The first-order valence-corrected chi connectivity index (χ1v) is 20.9. The zero-order chi connectivity index (χ0) is 41.0. The molecule has 0 amide bonds. The lowest BCUT2D eigenvalue weighted by Crippen LogP contribution is -2.00. The van der Waals surface area contributed by atoms with Gasteiger partial charge < -0.3 is 9.13 Å². The topological polar surface area (TPSA) is 48.5 Å². The summed E-state index contributed by atoms with van der Waals surface area (Å²) in [5.74, 6) is 1.92. The molecule has 9 aromatic carbocycles. The second-order valence-corrected chi connectivity index (χ2v) is 15.6. The van der Waals surface area contributed by atoms with Crippen LogP contribution in [0, 0.1) is 0 Å². The summed E-state index contributed by atoms with van der Waals surface area (Å²) in [4.78, 5) is 14.9. The summed E-state index contributed by atoms with van der Waals surface area (Å²) in [6.07, 6.45) is 0. The summed E-state index contributed by atoms with van der Waals surface area (Å²) in [6, 6.07) is 79.4. The molecular weight excluding hydrogens is 755 g/mol. The Hall–Kier alpha value is -8.41. The van der Waals surface area contributed by atoms with Gasteiger partial charge in [-0.1, -0.05) is 164 Å². The second-order valence-electron chi connectivity index (χ2n) is 15.6. The minimum atomic E-state index is 0.631. The van der Waals surface area contributed by atoms with Crippen molar-refractivity contribution >= 4 is 43.6 Å². The number of para-hydroxylation sites is 3. The Morgan fingerprint density at radius 1 is 0.258 bits per heavy atom. The fourth-order valence-corrected chi connectivity index (χ4v) is 9.09. The smallest absolute Gasteiger partial charge is 0.164 e. The predicted octanol–water partition coefficient (Wildman–Crippen LogP) is 14.4. The zero-order valence-electron chi connectivity index (χ0n) is 33.6. The van der Waals surface area contributed by atoms with Crippen molar-refractivity contribution in [2.45, 2.75) is 0 Å². The maximum absolute atomic E-state index is 5.00. The van der Waals surface area contributed by atoms with E-state index in [2.05, 4.69) is 173 Å². The van der Waals surface area contributed by atoms with Crippen LogP contribution in [0.4, 0.5) is 0 Å². The maximum Gasteiger partial charge on any atom is 0.164 e. The molecule has 0 fully saturated rings. The third kappa shape index (κ3) is 5.98. The summed E-state index contributed by atoms with van der Waals surface area (Å²) >= 11 is 0. The van der Waals surface area contributed by atoms with Crippen LogP contribution >= 0.6 is 0 Å². The average molecular weight is 792 g/mol. The number of fused-ring (bicyclic) bond motifs is 6. The van der Waals surface area contributed by atoms with E-state index >= 15 is 0 Å². The fraction of sp³-hybridized carbons (Fsp3) is 0. The van der Waals surface area contributed by atoms with Crippen molar-refractivity contribution < 1.29 is 0 Å². The van der Waals surface area contributed by atoms with Crippen molar-refractivity contribution in [3.63, 3.8) is 0 Å². The monoisotopic (exact) mass is 791 g/mol. The second kappa shape index (κ2) is 14.7. The van der Waals surface area contributed by atoms with E-state index in [1.165, 1.54) is 49.3 Å². The Bertz CT molecular complexity index is 3550. The van der Waals surface area contributed by atoms with Crippen LogP contribution in [0.15, 0.2) is 224 Å². The largest absolute Gasteiger partial charge is 0.309 e. The summed E-state index contributed by atoms with van der Waals surface area (Å²) in [7, 11) is 0. The van der Waals surface area contributed by atoms with E-state index < -0.39 is 0 Å². The lowest BCUT2D eigenvalue weighted by atomic mass is 9.99. The number of benzene rings is 9. The molecule has 290 valence electrons. The van der Waals surface area contributed by atoms with Gasteiger partial charge in [0.2, 0.25) is 0 Å².